The molecule has 0 spiro atoms. The monoisotopic (exact) mass is 342 g/mol. The van der Waals surface area contributed by atoms with Crippen molar-refractivity contribution in [2.24, 2.45) is 0 Å². The van der Waals surface area contributed by atoms with Gasteiger partial charge in [-0.25, -0.2) is 4.79 Å². The Labute approximate surface area is 148 Å². The topological polar surface area (TPSA) is 61.6 Å². The summed E-state index contributed by atoms with van der Waals surface area (Å²) < 4.78 is 5.40. The van der Waals surface area contributed by atoms with Crippen LogP contribution in [0.4, 0.5) is 4.79 Å². The third-order valence-corrected chi connectivity index (χ3v) is 4.45. The number of furan rings is 1. The van der Waals surface area contributed by atoms with E-state index < -0.39 is 0 Å². The average molecular weight is 342 g/mol. The van der Waals surface area contributed by atoms with Crippen molar-refractivity contribution in [3.05, 3.63) is 54.2 Å². The number of aromatic nitrogens is 1. The number of carbonyl (C=O) groups excluding carboxylic acids is 1. The first-order chi connectivity index (χ1) is 12.3. The van der Waals surface area contributed by atoms with E-state index in [-0.39, 0.29) is 6.03 Å². The molecule has 0 unspecified atom stereocenters. The molecule has 134 valence electrons. The summed E-state index contributed by atoms with van der Waals surface area (Å²) >= 11 is 0. The fourth-order valence-electron chi connectivity index (χ4n) is 3.09. The molecule has 1 N–H and O–H groups in total. The van der Waals surface area contributed by atoms with Gasteiger partial charge in [0.2, 0.25) is 0 Å². The molecule has 25 heavy (non-hydrogen) atoms. The van der Waals surface area contributed by atoms with Crippen molar-refractivity contribution in [3.63, 3.8) is 0 Å². The van der Waals surface area contributed by atoms with Crippen molar-refractivity contribution in [3.8, 4) is 0 Å². The number of rotatable bonds is 7. The van der Waals surface area contributed by atoms with Gasteiger partial charge in [-0.2, -0.15) is 0 Å². The summed E-state index contributed by atoms with van der Waals surface area (Å²) in [7, 11) is 0. The van der Waals surface area contributed by atoms with Gasteiger partial charge in [-0.3, -0.25) is 4.98 Å². The number of nitrogens with zero attached hydrogens (tertiary/aromatic N) is 3. The molecule has 2 aromatic heterocycles. The minimum atomic E-state index is -0.0842. The Balaban J connectivity index is 1.54. The van der Waals surface area contributed by atoms with Crippen LogP contribution in [-0.4, -0.2) is 47.0 Å². The molecule has 6 nitrogen and oxygen atoms in total. The molecular formula is C19H26N4O2. The Morgan fingerprint density at radius 1 is 1.16 bits per heavy atom. The second-order valence-corrected chi connectivity index (χ2v) is 6.39. The molecule has 1 aliphatic heterocycles. The van der Waals surface area contributed by atoms with Gasteiger partial charge in [0.05, 0.1) is 25.0 Å². The molecule has 1 aliphatic rings. The van der Waals surface area contributed by atoms with Gasteiger partial charge < -0.3 is 19.5 Å². The number of carbonyl (C=O) groups is 1. The number of hydrogen-bond acceptors (Lipinski definition) is 4. The lowest BCUT2D eigenvalue weighted by Gasteiger charge is -2.27. The van der Waals surface area contributed by atoms with E-state index in [4.69, 9.17) is 4.42 Å². The van der Waals surface area contributed by atoms with Crippen molar-refractivity contribution in [1.82, 2.24) is 20.1 Å². The van der Waals surface area contributed by atoms with Gasteiger partial charge in [-0.1, -0.05) is 12.5 Å². The predicted octanol–water partition coefficient (Wildman–Crippen LogP) is 2.87. The molecule has 0 bridgehead atoms. The number of piperidine rings is 1. The van der Waals surface area contributed by atoms with Crippen molar-refractivity contribution >= 4 is 6.03 Å². The third kappa shape index (κ3) is 5.60. The van der Waals surface area contributed by atoms with E-state index in [0.29, 0.717) is 19.6 Å². The molecule has 1 fully saturated rings. The summed E-state index contributed by atoms with van der Waals surface area (Å²) in [6.07, 6.45) is 7.22. The molecular weight excluding hydrogens is 316 g/mol. The molecule has 1 saturated heterocycles. The maximum Gasteiger partial charge on any atom is 0.318 e. The Bertz CT molecular complexity index is 624. The molecule has 3 rings (SSSR count). The van der Waals surface area contributed by atoms with Crippen molar-refractivity contribution in [1.29, 1.82) is 0 Å². The predicted molar refractivity (Wildman–Crippen MR) is 95.9 cm³/mol. The Morgan fingerprint density at radius 3 is 2.76 bits per heavy atom. The fourth-order valence-corrected chi connectivity index (χ4v) is 3.09. The van der Waals surface area contributed by atoms with Gasteiger partial charge in [0, 0.05) is 19.3 Å². The van der Waals surface area contributed by atoms with Crippen LogP contribution in [0, 0.1) is 0 Å². The number of amides is 2. The van der Waals surface area contributed by atoms with Crippen LogP contribution in [0.5, 0.6) is 0 Å². The lowest BCUT2D eigenvalue weighted by molar-refractivity contribution is 0.181. The highest BCUT2D eigenvalue weighted by molar-refractivity contribution is 5.74. The largest absolute Gasteiger partial charge is 0.467 e. The van der Waals surface area contributed by atoms with Gasteiger partial charge >= 0.3 is 6.03 Å². The smallest absolute Gasteiger partial charge is 0.318 e. The lowest BCUT2D eigenvalue weighted by Crippen LogP contribution is -2.43. The number of nitrogens with one attached hydrogen (secondary N) is 1. The Hall–Kier alpha value is -2.34. The summed E-state index contributed by atoms with van der Waals surface area (Å²) in [5.74, 6) is 0.766. The molecule has 0 atom stereocenters. The molecule has 0 saturated carbocycles. The van der Waals surface area contributed by atoms with Gasteiger partial charge in [0.1, 0.15) is 5.76 Å². The summed E-state index contributed by atoms with van der Waals surface area (Å²) in [4.78, 5) is 21.1. The fraction of sp³-hybridized carbons (Fsp3) is 0.474. The summed E-state index contributed by atoms with van der Waals surface area (Å²) in [6, 6.07) is 9.37. The molecule has 2 amide bonds. The van der Waals surface area contributed by atoms with Crippen molar-refractivity contribution in [2.45, 2.75) is 32.4 Å². The van der Waals surface area contributed by atoms with E-state index in [2.05, 4.69) is 15.2 Å². The van der Waals surface area contributed by atoms with Crippen LogP contribution < -0.4 is 5.32 Å². The molecule has 6 heteroatoms. The molecule has 3 heterocycles. The van der Waals surface area contributed by atoms with Crippen LogP contribution in [0.15, 0.2) is 47.2 Å². The second-order valence-electron chi connectivity index (χ2n) is 6.39. The quantitative estimate of drug-likeness (QED) is 0.840. The van der Waals surface area contributed by atoms with E-state index in [0.717, 1.165) is 31.1 Å². The number of likely N-dealkylation sites (tertiary alicyclic amines) is 1. The average Bonchev–Trinajstić information content (AvgIpc) is 3.16. The van der Waals surface area contributed by atoms with E-state index >= 15 is 0 Å². The van der Waals surface area contributed by atoms with E-state index in [1.165, 1.54) is 19.3 Å². The van der Waals surface area contributed by atoms with Gasteiger partial charge in [0.25, 0.3) is 0 Å². The third-order valence-electron chi connectivity index (χ3n) is 4.45. The number of hydrogen-bond donors (Lipinski definition) is 1. The highest BCUT2D eigenvalue weighted by atomic mass is 16.3. The summed E-state index contributed by atoms with van der Waals surface area (Å²) in [5, 5.41) is 3.04. The number of pyridine rings is 1. The molecule has 0 aliphatic carbocycles. The maximum absolute atomic E-state index is 12.6. The molecule has 2 aromatic rings. The first-order valence-corrected chi connectivity index (χ1v) is 8.99. The van der Waals surface area contributed by atoms with E-state index in [1.54, 1.807) is 17.4 Å². The standard InChI is InChI=1S/C19H26N4O2/c24-19(21-10-13-22-11-4-1-5-12-22)23(16-18-8-6-14-25-18)15-17-7-2-3-9-20-17/h2-3,6-9,14H,1,4-5,10-13,15-16H2,(H,21,24). The van der Waals surface area contributed by atoms with Crippen LogP contribution in [0.25, 0.3) is 0 Å². The summed E-state index contributed by atoms with van der Waals surface area (Å²) in [6.45, 7) is 4.73. The maximum atomic E-state index is 12.6. The van der Waals surface area contributed by atoms with Crippen LogP contribution in [0.2, 0.25) is 0 Å². The van der Waals surface area contributed by atoms with E-state index in [1.807, 2.05) is 30.3 Å². The molecule has 0 radical (unpaired) electrons. The molecule has 0 aromatic carbocycles. The minimum Gasteiger partial charge on any atom is -0.467 e. The van der Waals surface area contributed by atoms with Crippen molar-refractivity contribution < 1.29 is 9.21 Å². The minimum absolute atomic E-state index is 0.0842. The second kappa shape index (κ2) is 9.22. The SMILES string of the molecule is O=C(NCCN1CCCCC1)N(Cc1ccccn1)Cc1ccco1. The zero-order chi connectivity index (χ0) is 17.3. The first kappa shape index (κ1) is 17.5. The summed E-state index contributed by atoms with van der Waals surface area (Å²) in [5.41, 5.74) is 0.861. The van der Waals surface area contributed by atoms with Crippen LogP contribution in [-0.2, 0) is 13.1 Å². The first-order valence-electron chi connectivity index (χ1n) is 8.99. The Kier molecular flexibility index (Phi) is 6.45. The normalized spacial score (nSPS) is 15.0. The Morgan fingerprint density at radius 2 is 2.04 bits per heavy atom. The highest BCUT2D eigenvalue weighted by Crippen LogP contribution is 2.10. The van der Waals surface area contributed by atoms with Crippen molar-refractivity contribution in [2.75, 3.05) is 26.2 Å². The van der Waals surface area contributed by atoms with Gasteiger partial charge in [0.15, 0.2) is 0 Å². The van der Waals surface area contributed by atoms with E-state index in [9.17, 15) is 4.79 Å². The van der Waals surface area contributed by atoms with Crippen LogP contribution in [0.1, 0.15) is 30.7 Å². The zero-order valence-corrected chi connectivity index (χ0v) is 14.6. The van der Waals surface area contributed by atoms with Gasteiger partial charge in [-0.05, 0) is 50.2 Å². The van der Waals surface area contributed by atoms with Crippen LogP contribution in [0.3, 0.4) is 0 Å². The lowest BCUT2D eigenvalue weighted by atomic mass is 10.1. The zero-order valence-electron chi connectivity index (χ0n) is 14.6. The highest BCUT2D eigenvalue weighted by Gasteiger charge is 2.17. The number of urea groups is 1. The van der Waals surface area contributed by atoms with Crippen LogP contribution >= 0.6 is 0 Å². The van der Waals surface area contributed by atoms with Gasteiger partial charge in [-0.15, -0.1) is 0 Å².